The predicted molar refractivity (Wildman–Crippen MR) is 110 cm³/mol. The molecule has 0 aliphatic heterocycles. The van der Waals surface area contributed by atoms with E-state index >= 15 is 0 Å². The Balaban J connectivity index is 1.45. The van der Waals surface area contributed by atoms with Gasteiger partial charge in [0.1, 0.15) is 6.10 Å². The zero-order valence-corrected chi connectivity index (χ0v) is 17.8. The van der Waals surface area contributed by atoms with Crippen molar-refractivity contribution in [1.29, 1.82) is 0 Å². The molecule has 4 aliphatic rings. The monoisotopic (exact) mass is 379 g/mol. The molecule has 0 spiro atoms. The van der Waals surface area contributed by atoms with Gasteiger partial charge in [-0.3, -0.25) is 9.78 Å². The van der Waals surface area contributed by atoms with E-state index in [0.29, 0.717) is 5.41 Å². The van der Waals surface area contributed by atoms with Gasteiger partial charge in [0.05, 0.1) is 0 Å². The Hall–Kier alpha value is -1.64. The van der Waals surface area contributed by atoms with Gasteiger partial charge in [0.15, 0.2) is 0 Å². The Labute approximate surface area is 169 Å². The number of hydrogen-bond donors (Lipinski definition) is 0. The van der Waals surface area contributed by atoms with Gasteiger partial charge in [-0.15, -0.1) is 0 Å². The fraction of sp³-hybridized carbons (Fsp3) is 0.680. The van der Waals surface area contributed by atoms with E-state index in [1.165, 1.54) is 49.4 Å². The normalized spacial score (nSPS) is 41.2. The van der Waals surface area contributed by atoms with Crippen molar-refractivity contribution in [3.05, 3.63) is 40.7 Å². The van der Waals surface area contributed by atoms with Gasteiger partial charge in [0.2, 0.25) is 0 Å². The molecular formula is C25H33NO2. The van der Waals surface area contributed by atoms with Gasteiger partial charge in [0.25, 0.3) is 0 Å². The Morgan fingerprint density at radius 2 is 1.93 bits per heavy atom. The maximum Gasteiger partial charge on any atom is 0.302 e. The third kappa shape index (κ3) is 2.54. The van der Waals surface area contributed by atoms with Crippen molar-refractivity contribution in [2.75, 3.05) is 0 Å². The van der Waals surface area contributed by atoms with Crippen LogP contribution in [-0.2, 0) is 21.4 Å². The molecule has 0 unspecified atom stereocenters. The molecule has 1 aromatic rings. The second-order valence-electron chi connectivity index (χ2n) is 10.4. The van der Waals surface area contributed by atoms with Crippen LogP contribution < -0.4 is 0 Å². The summed E-state index contributed by atoms with van der Waals surface area (Å²) in [6.07, 6.45) is 12.8. The summed E-state index contributed by atoms with van der Waals surface area (Å²) in [5.74, 6) is 2.10. The zero-order valence-electron chi connectivity index (χ0n) is 17.8. The summed E-state index contributed by atoms with van der Waals surface area (Å²) in [5, 5.41) is 0. The van der Waals surface area contributed by atoms with Crippen molar-refractivity contribution in [1.82, 2.24) is 4.98 Å². The van der Waals surface area contributed by atoms with E-state index in [0.717, 1.165) is 37.0 Å². The maximum absolute atomic E-state index is 11.4. The summed E-state index contributed by atoms with van der Waals surface area (Å²) in [7, 11) is 0. The molecule has 1 aromatic heterocycles. The highest BCUT2D eigenvalue weighted by molar-refractivity contribution is 5.66. The smallest absolute Gasteiger partial charge is 0.302 e. The lowest BCUT2D eigenvalue weighted by Gasteiger charge is -2.57. The van der Waals surface area contributed by atoms with Crippen molar-refractivity contribution in [3.63, 3.8) is 0 Å². The second-order valence-corrected chi connectivity index (χ2v) is 10.4. The maximum atomic E-state index is 11.4. The third-order valence-corrected chi connectivity index (χ3v) is 8.87. The minimum atomic E-state index is -0.136. The van der Waals surface area contributed by atoms with Crippen LogP contribution in [0.25, 0.3) is 0 Å². The van der Waals surface area contributed by atoms with Crippen molar-refractivity contribution in [3.8, 4) is 0 Å². The SMILES string of the molecule is CC(=O)O[C@H]1CC[C@@]2(C)C(=CC[C@@H]3[C@@H]2CC[C@]2(C)c4ncc(C)cc4C[C@@H]32)C1. The first-order valence-electron chi connectivity index (χ1n) is 11.1. The lowest BCUT2D eigenvalue weighted by atomic mass is 9.48. The molecule has 0 aromatic carbocycles. The molecule has 0 N–H and O–H groups in total. The number of aromatic nitrogens is 1. The van der Waals surface area contributed by atoms with E-state index < -0.39 is 0 Å². The van der Waals surface area contributed by atoms with Gasteiger partial charge in [-0.25, -0.2) is 0 Å². The standard InChI is InChI=1S/C25H33NO2/c1-15-11-17-12-22-20-6-5-18-13-19(28-16(2)27)7-9-24(18,3)21(20)8-10-25(22,4)23(17)26-14-15/h5,11,14,19-22H,6-10,12-13H2,1-4H3/t19-,20+,21-,22-,24-,25-/m0/s1. The molecule has 3 heteroatoms. The molecular weight excluding hydrogens is 346 g/mol. The summed E-state index contributed by atoms with van der Waals surface area (Å²) >= 11 is 0. The molecule has 2 saturated carbocycles. The Kier molecular flexibility index (Phi) is 4.06. The number of carbonyl (C=O) groups excluding carboxylic acids is 1. The number of aryl methyl sites for hydroxylation is 1. The lowest BCUT2D eigenvalue weighted by molar-refractivity contribution is -0.148. The molecule has 0 amide bonds. The number of rotatable bonds is 1. The van der Waals surface area contributed by atoms with E-state index in [-0.39, 0.29) is 17.5 Å². The number of pyridine rings is 1. The molecule has 5 rings (SSSR count). The van der Waals surface area contributed by atoms with Gasteiger partial charge >= 0.3 is 5.97 Å². The highest BCUT2D eigenvalue weighted by Crippen LogP contribution is 2.64. The van der Waals surface area contributed by atoms with Crippen LogP contribution in [-0.4, -0.2) is 17.1 Å². The van der Waals surface area contributed by atoms with Crippen LogP contribution in [0.3, 0.4) is 0 Å². The molecule has 0 bridgehead atoms. The van der Waals surface area contributed by atoms with Crippen LogP contribution in [0, 0.1) is 30.1 Å². The average Bonchev–Trinajstić information content (AvgIpc) is 2.93. The summed E-state index contributed by atoms with van der Waals surface area (Å²) in [4.78, 5) is 16.3. The highest BCUT2D eigenvalue weighted by Gasteiger charge is 2.58. The van der Waals surface area contributed by atoms with Crippen LogP contribution >= 0.6 is 0 Å². The molecule has 0 saturated heterocycles. The van der Waals surface area contributed by atoms with Crippen LogP contribution in [0.1, 0.15) is 76.1 Å². The van der Waals surface area contributed by atoms with E-state index in [4.69, 9.17) is 9.72 Å². The van der Waals surface area contributed by atoms with Crippen LogP contribution in [0.2, 0.25) is 0 Å². The van der Waals surface area contributed by atoms with Crippen LogP contribution in [0.4, 0.5) is 0 Å². The summed E-state index contributed by atoms with van der Waals surface area (Å²) in [6, 6.07) is 2.39. The largest absolute Gasteiger partial charge is 0.462 e. The average molecular weight is 380 g/mol. The van der Waals surface area contributed by atoms with E-state index in [9.17, 15) is 4.79 Å². The Morgan fingerprint density at radius 3 is 2.71 bits per heavy atom. The van der Waals surface area contributed by atoms with Gasteiger partial charge in [-0.05, 0) is 79.7 Å². The number of esters is 1. The predicted octanol–water partition coefficient (Wildman–Crippen LogP) is 5.30. The van der Waals surface area contributed by atoms with E-state index in [2.05, 4.69) is 39.1 Å². The van der Waals surface area contributed by atoms with Crippen LogP contribution in [0.15, 0.2) is 23.9 Å². The van der Waals surface area contributed by atoms with E-state index in [1.54, 1.807) is 5.57 Å². The molecule has 0 radical (unpaired) electrons. The van der Waals surface area contributed by atoms with E-state index in [1.807, 2.05) is 0 Å². The van der Waals surface area contributed by atoms with Gasteiger partial charge in [-0.2, -0.15) is 0 Å². The minimum Gasteiger partial charge on any atom is -0.462 e. The first kappa shape index (κ1) is 18.4. The van der Waals surface area contributed by atoms with Crippen LogP contribution in [0.5, 0.6) is 0 Å². The number of ether oxygens (including phenoxy) is 1. The van der Waals surface area contributed by atoms with Crippen molar-refractivity contribution in [2.24, 2.45) is 23.2 Å². The van der Waals surface area contributed by atoms with Gasteiger partial charge in [0, 0.05) is 30.7 Å². The summed E-state index contributed by atoms with van der Waals surface area (Å²) in [5.41, 5.74) is 6.30. The third-order valence-electron chi connectivity index (χ3n) is 8.87. The fourth-order valence-electron chi connectivity index (χ4n) is 7.49. The Morgan fingerprint density at radius 1 is 1.14 bits per heavy atom. The Bertz CT molecular complexity index is 858. The number of fused-ring (bicyclic) bond motifs is 7. The fourth-order valence-corrected chi connectivity index (χ4v) is 7.49. The summed E-state index contributed by atoms with van der Waals surface area (Å²) < 4.78 is 5.57. The molecule has 28 heavy (non-hydrogen) atoms. The number of carbonyl (C=O) groups is 1. The van der Waals surface area contributed by atoms with Gasteiger partial charge < -0.3 is 4.74 Å². The molecule has 6 atom stereocenters. The molecule has 4 aliphatic carbocycles. The number of hydrogen-bond acceptors (Lipinski definition) is 3. The first-order chi connectivity index (χ1) is 13.3. The first-order valence-corrected chi connectivity index (χ1v) is 11.1. The van der Waals surface area contributed by atoms with Crippen molar-refractivity contribution in [2.45, 2.75) is 84.2 Å². The minimum absolute atomic E-state index is 0.0881. The van der Waals surface area contributed by atoms with Gasteiger partial charge in [-0.1, -0.05) is 31.6 Å². The van der Waals surface area contributed by atoms with Crippen molar-refractivity contribution < 1.29 is 9.53 Å². The quantitative estimate of drug-likeness (QED) is 0.491. The topological polar surface area (TPSA) is 39.2 Å². The second kappa shape index (κ2) is 6.18. The van der Waals surface area contributed by atoms with Crippen molar-refractivity contribution >= 4 is 5.97 Å². The number of nitrogens with zero attached hydrogens (tertiary/aromatic N) is 1. The summed E-state index contributed by atoms with van der Waals surface area (Å²) in [6.45, 7) is 8.70. The molecule has 2 fully saturated rings. The molecule has 150 valence electrons. The molecule has 3 nitrogen and oxygen atoms in total. The number of allylic oxidation sites excluding steroid dienone is 1. The highest BCUT2D eigenvalue weighted by atomic mass is 16.5. The lowest BCUT2D eigenvalue weighted by Crippen LogP contribution is -2.51. The zero-order chi connectivity index (χ0) is 19.7. The molecule has 1 heterocycles.